The Labute approximate surface area is 162 Å². The Kier molecular flexibility index (Phi) is 6.32. The Bertz CT molecular complexity index is 895. The van der Waals surface area contributed by atoms with Gasteiger partial charge in [-0.25, -0.2) is 0 Å². The summed E-state index contributed by atoms with van der Waals surface area (Å²) < 4.78 is 2.08. The van der Waals surface area contributed by atoms with Crippen LogP contribution in [0, 0.1) is 18.3 Å². The Morgan fingerprint density at radius 2 is 1.77 bits per heavy atom. The van der Waals surface area contributed by atoms with Crippen LogP contribution in [-0.2, 0) is 0 Å². The molecule has 2 aromatic carbocycles. The van der Waals surface area contributed by atoms with Crippen LogP contribution in [0.4, 0.5) is 0 Å². The number of nitriles is 1. The zero-order valence-corrected chi connectivity index (χ0v) is 16.1. The third-order valence-electron chi connectivity index (χ3n) is 3.94. The van der Waals surface area contributed by atoms with Crippen molar-refractivity contribution in [1.29, 1.82) is 5.26 Å². The topological polar surface area (TPSA) is 54.5 Å². The van der Waals surface area contributed by atoms with Crippen LogP contribution in [0.25, 0.3) is 17.1 Å². The van der Waals surface area contributed by atoms with E-state index in [1.165, 1.54) is 5.56 Å². The van der Waals surface area contributed by atoms with Gasteiger partial charge < -0.3 is 0 Å². The standard InChI is InChI=1S/C20H19ClN4S/c1-15-5-11-18(12-6-15)25-19(16-7-9-17(21)10-8-16)23-24-20(25)26-14-4-2-3-13-22/h5-12H,2-4,14H2,1H3. The summed E-state index contributed by atoms with van der Waals surface area (Å²) in [4.78, 5) is 0. The van der Waals surface area contributed by atoms with E-state index >= 15 is 0 Å². The molecule has 0 amide bonds. The van der Waals surface area contributed by atoms with Crippen molar-refractivity contribution in [3.63, 3.8) is 0 Å². The molecule has 3 aromatic rings. The summed E-state index contributed by atoms with van der Waals surface area (Å²) in [5, 5.41) is 19.0. The van der Waals surface area contributed by atoms with Crippen molar-refractivity contribution in [2.75, 3.05) is 5.75 Å². The second kappa shape index (κ2) is 8.88. The lowest BCUT2D eigenvalue weighted by Crippen LogP contribution is -2.00. The van der Waals surface area contributed by atoms with Crippen LogP contribution in [0.2, 0.25) is 5.02 Å². The van der Waals surface area contributed by atoms with Gasteiger partial charge in [-0.3, -0.25) is 4.57 Å². The molecule has 6 heteroatoms. The van der Waals surface area contributed by atoms with E-state index in [0.717, 1.165) is 40.8 Å². The highest BCUT2D eigenvalue weighted by atomic mass is 35.5. The second-order valence-electron chi connectivity index (χ2n) is 5.95. The summed E-state index contributed by atoms with van der Waals surface area (Å²) in [6, 6.07) is 18.2. The smallest absolute Gasteiger partial charge is 0.196 e. The van der Waals surface area contributed by atoms with Crippen molar-refractivity contribution in [3.8, 4) is 23.1 Å². The molecule has 4 nitrogen and oxygen atoms in total. The Hall–Kier alpha value is -2.29. The maximum atomic E-state index is 8.65. The molecule has 0 saturated heterocycles. The summed E-state index contributed by atoms with van der Waals surface area (Å²) in [7, 11) is 0. The first-order valence-electron chi connectivity index (χ1n) is 8.47. The maximum absolute atomic E-state index is 8.65. The molecule has 0 aliphatic carbocycles. The fraction of sp³-hybridized carbons (Fsp3) is 0.250. The minimum atomic E-state index is 0.598. The lowest BCUT2D eigenvalue weighted by atomic mass is 10.2. The number of unbranched alkanes of at least 4 members (excludes halogenated alkanes) is 2. The van der Waals surface area contributed by atoms with Crippen LogP contribution < -0.4 is 0 Å². The van der Waals surface area contributed by atoms with Gasteiger partial charge in [0, 0.05) is 28.4 Å². The molecular formula is C20H19ClN4S. The van der Waals surface area contributed by atoms with E-state index in [4.69, 9.17) is 16.9 Å². The summed E-state index contributed by atoms with van der Waals surface area (Å²) in [6.45, 7) is 2.07. The van der Waals surface area contributed by atoms with E-state index in [0.29, 0.717) is 11.4 Å². The van der Waals surface area contributed by atoms with Crippen LogP contribution in [0.15, 0.2) is 53.7 Å². The van der Waals surface area contributed by atoms with E-state index in [-0.39, 0.29) is 0 Å². The van der Waals surface area contributed by atoms with Crippen LogP contribution >= 0.6 is 23.4 Å². The molecule has 0 unspecified atom stereocenters. The highest BCUT2D eigenvalue weighted by Gasteiger charge is 2.16. The number of aryl methyl sites for hydroxylation is 1. The Morgan fingerprint density at radius 1 is 1.04 bits per heavy atom. The number of aromatic nitrogens is 3. The number of rotatable bonds is 7. The van der Waals surface area contributed by atoms with Crippen LogP contribution in [0.5, 0.6) is 0 Å². The van der Waals surface area contributed by atoms with Crippen molar-refractivity contribution < 1.29 is 0 Å². The molecule has 0 radical (unpaired) electrons. The first-order chi connectivity index (χ1) is 12.7. The van der Waals surface area contributed by atoms with Gasteiger partial charge in [-0.1, -0.05) is 41.1 Å². The van der Waals surface area contributed by atoms with E-state index in [9.17, 15) is 0 Å². The SMILES string of the molecule is Cc1ccc(-n2c(SCCCCC#N)nnc2-c2ccc(Cl)cc2)cc1. The molecule has 0 saturated carbocycles. The predicted octanol–water partition coefficient (Wildman–Crippen LogP) is 5.68. The largest absolute Gasteiger partial charge is 0.270 e. The number of hydrogen-bond donors (Lipinski definition) is 0. The minimum Gasteiger partial charge on any atom is -0.270 e. The normalized spacial score (nSPS) is 10.7. The van der Waals surface area contributed by atoms with Crippen molar-refractivity contribution in [1.82, 2.24) is 14.8 Å². The van der Waals surface area contributed by atoms with E-state index in [1.807, 2.05) is 24.3 Å². The molecule has 0 fully saturated rings. The van der Waals surface area contributed by atoms with Crippen LogP contribution in [0.1, 0.15) is 24.8 Å². The van der Waals surface area contributed by atoms with Crippen molar-refractivity contribution in [2.24, 2.45) is 0 Å². The Morgan fingerprint density at radius 3 is 2.46 bits per heavy atom. The fourth-order valence-corrected chi connectivity index (χ4v) is 3.62. The first kappa shape index (κ1) is 18.5. The highest BCUT2D eigenvalue weighted by molar-refractivity contribution is 7.99. The van der Waals surface area contributed by atoms with Gasteiger partial charge in [0.05, 0.1) is 6.07 Å². The van der Waals surface area contributed by atoms with Crippen molar-refractivity contribution in [3.05, 3.63) is 59.1 Å². The first-order valence-corrected chi connectivity index (χ1v) is 9.83. The highest BCUT2D eigenvalue weighted by Crippen LogP contribution is 2.29. The van der Waals surface area contributed by atoms with Crippen molar-refractivity contribution in [2.45, 2.75) is 31.3 Å². The summed E-state index contributed by atoms with van der Waals surface area (Å²) in [6.07, 6.45) is 2.49. The molecule has 1 aromatic heterocycles. The predicted molar refractivity (Wildman–Crippen MR) is 107 cm³/mol. The number of hydrogen-bond acceptors (Lipinski definition) is 4. The van der Waals surface area contributed by atoms with Gasteiger partial charge >= 0.3 is 0 Å². The summed E-state index contributed by atoms with van der Waals surface area (Å²) in [5.41, 5.74) is 3.21. The quantitative estimate of drug-likeness (QED) is 0.389. The van der Waals surface area contributed by atoms with E-state index in [2.05, 4.69) is 52.0 Å². The third kappa shape index (κ3) is 4.46. The van der Waals surface area contributed by atoms with Crippen LogP contribution in [0.3, 0.4) is 0 Å². The average molecular weight is 383 g/mol. The average Bonchev–Trinajstić information content (AvgIpc) is 3.07. The number of nitrogens with zero attached hydrogens (tertiary/aromatic N) is 4. The molecule has 0 N–H and O–H groups in total. The van der Waals surface area contributed by atoms with Gasteiger partial charge in [0.2, 0.25) is 0 Å². The zero-order chi connectivity index (χ0) is 18.4. The monoisotopic (exact) mass is 382 g/mol. The van der Waals surface area contributed by atoms with E-state index in [1.54, 1.807) is 11.8 Å². The maximum Gasteiger partial charge on any atom is 0.196 e. The third-order valence-corrected chi connectivity index (χ3v) is 5.21. The number of benzene rings is 2. The fourth-order valence-electron chi connectivity index (χ4n) is 2.55. The van der Waals surface area contributed by atoms with Gasteiger partial charge in [-0.15, -0.1) is 10.2 Å². The molecular weight excluding hydrogens is 364 g/mol. The molecule has 3 rings (SSSR count). The van der Waals surface area contributed by atoms with Gasteiger partial charge in [0.25, 0.3) is 0 Å². The van der Waals surface area contributed by atoms with Gasteiger partial charge in [0.15, 0.2) is 11.0 Å². The second-order valence-corrected chi connectivity index (χ2v) is 7.45. The van der Waals surface area contributed by atoms with E-state index < -0.39 is 0 Å². The zero-order valence-electron chi connectivity index (χ0n) is 14.5. The van der Waals surface area contributed by atoms with Crippen molar-refractivity contribution >= 4 is 23.4 Å². The molecule has 26 heavy (non-hydrogen) atoms. The van der Waals surface area contributed by atoms with Crippen LogP contribution in [-0.4, -0.2) is 20.5 Å². The summed E-state index contributed by atoms with van der Waals surface area (Å²) >= 11 is 7.69. The molecule has 0 bridgehead atoms. The van der Waals surface area contributed by atoms with Gasteiger partial charge in [-0.05, 0) is 56.2 Å². The number of thioether (sulfide) groups is 1. The molecule has 0 aliphatic heterocycles. The molecule has 1 heterocycles. The lowest BCUT2D eigenvalue weighted by Gasteiger charge is -2.11. The Balaban J connectivity index is 1.93. The minimum absolute atomic E-state index is 0.598. The summed E-state index contributed by atoms with van der Waals surface area (Å²) in [5.74, 6) is 1.71. The molecule has 0 aliphatic rings. The number of halogens is 1. The molecule has 132 valence electrons. The lowest BCUT2D eigenvalue weighted by molar-refractivity contribution is 0.823. The van der Waals surface area contributed by atoms with Gasteiger partial charge in [-0.2, -0.15) is 5.26 Å². The van der Waals surface area contributed by atoms with Gasteiger partial charge in [0.1, 0.15) is 0 Å². The molecule has 0 atom stereocenters. The molecule has 0 spiro atoms.